The molecule has 0 bridgehead atoms. The minimum Gasteiger partial charge on any atom is -0.367 e. The van der Waals surface area contributed by atoms with Crippen molar-refractivity contribution in [2.45, 2.75) is 19.8 Å². The van der Waals surface area contributed by atoms with Crippen LogP contribution in [0, 0.1) is 5.82 Å². The van der Waals surface area contributed by atoms with E-state index in [1.54, 1.807) is 11.0 Å². The number of amides is 2. The van der Waals surface area contributed by atoms with Crippen LogP contribution in [0.5, 0.6) is 0 Å². The maximum Gasteiger partial charge on any atom is 0.242 e. The van der Waals surface area contributed by atoms with Crippen LogP contribution in [0.15, 0.2) is 18.2 Å². The Labute approximate surface area is 140 Å². The maximum atomic E-state index is 13.1. The number of nitrogens with one attached hydrogen (secondary N) is 1. The van der Waals surface area contributed by atoms with Crippen LogP contribution in [0.3, 0.4) is 0 Å². The summed E-state index contributed by atoms with van der Waals surface area (Å²) in [6.07, 6.45) is 1.20. The molecule has 1 N–H and O–H groups in total. The molecular formula is C16H21ClFN3O2. The van der Waals surface area contributed by atoms with E-state index in [1.165, 1.54) is 12.1 Å². The smallest absolute Gasteiger partial charge is 0.242 e. The standard InChI is InChI=1S/C16H21ClFN3O2/c1-2-3-15(22)19-11-16(23)21-8-6-20(7-9-21)14-5-4-12(18)10-13(14)17/h4-5,10H,2-3,6-9,11H2,1H3,(H,19,22). The monoisotopic (exact) mass is 341 g/mol. The topological polar surface area (TPSA) is 52.7 Å². The lowest BCUT2D eigenvalue weighted by atomic mass is 10.2. The highest BCUT2D eigenvalue weighted by molar-refractivity contribution is 6.33. The van der Waals surface area contributed by atoms with Crippen LogP contribution >= 0.6 is 11.6 Å². The third-order valence-corrected chi connectivity index (χ3v) is 4.10. The third-order valence-electron chi connectivity index (χ3n) is 3.80. The van der Waals surface area contributed by atoms with Gasteiger partial charge < -0.3 is 15.1 Å². The highest BCUT2D eigenvalue weighted by Gasteiger charge is 2.22. The molecule has 0 unspecified atom stereocenters. The van der Waals surface area contributed by atoms with E-state index in [2.05, 4.69) is 5.32 Å². The van der Waals surface area contributed by atoms with Crippen molar-refractivity contribution in [1.29, 1.82) is 0 Å². The summed E-state index contributed by atoms with van der Waals surface area (Å²) in [6, 6.07) is 4.32. The van der Waals surface area contributed by atoms with Gasteiger partial charge in [0.1, 0.15) is 5.82 Å². The van der Waals surface area contributed by atoms with E-state index in [1.807, 2.05) is 11.8 Å². The second kappa shape index (κ2) is 8.15. The molecule has 1 heterocycles. The zero-order valence-corrected chi connectivity index (χ0v) is 13.9. The van der Waals surface area contributed by atoms with Crippen LogP contribution in [0.25, 0.3) is 0 Å². The quantitative estimate of drug-likeness (QED) is 0.891. The van der Waals surface area contributed by atoms with Gasteiger partial charge in [0.05, 0.1) is 17.3 Å². The number of rotatable bonds is 5. The van der Waals surface area contributed by atoms with Crippen LogP contribution in [0.2, 0.25) is 5.02 Å². The average molecular weight is 342 g/mol. The Morgan fingerprint density at radius 1 is 1.26 bits per heavy atom. The maximum absolute atomic E-state index is 13.1. The molecule has 1 saturated heterocycles. The summed E-state index contributed by atoms with van der Waals surface area (Å²) in [5, 5.41) is 3.00. The number of anilines is 1. The number of carbonyl (C=O) groups excluding carboxylic acids is 2. The fraction of sp³-hybridized carbons (Fsp3) is 0.500. The number of benzene rings is 1. The van der Waals surface area contributed by atoms with Gasteiger partial charge in [0.15, 0.2) is 0 Å². The number of halogens is 2. The lowest BCUT2D eigenvalue weighted by Crippen LogP contribution is -2.51. The summed E-state index contributed by atoms with van der Waals surface area (Å²) in [5.41, 5.74) is 0.774. The van der Waals surface area contributed by atoms with E-state index in [-0.39, 0.29) is 24.2 Å². The molecular weight excluding hydrogens is 321 g/mol. The molecule has 0 radical (unpaired) electrons. The summed E-state index contributed by atoms with van der Waals surface area (Å²) in [4.78, 5) is 27.2. The Morgan fingerprint density at radius 2 is 1.96 bits per heavy atom. The first-order valence-corrected chi connectivity index (χ1v) is 8.13. The second-order valence-electron chi connectivity index (χ2n) is 5.49. The van der Waals surface area contributed by atoms with Crippen molar-refractivity contribution in [3.8, 4) is 0 Å². The fourth-order valence-electron chi connectivity index (χ4n) is 2.54. The number of hydrogen-bond donors (Lipinski definition) is 1. The zero-order chi connectivity index (χ0) is 16.8. The third kappa shape index (κ3) is 4.82. The molecule has 1 aliphatic rings. The minimum atomic E-state index is -0.365. The molecule has 0 atom stereocenters. The molecule has 1 aromatic rings. The summed E-state index contributed by atoms with van der Waals surface area (Å²) in [7, 11) is 0. The molecule has 126 valence electrons. The Morgan fingerprint density at radius 3 is 2.57 bits per heavy atom. The van der Waals surface area contributed by atoms with E-state index < -0.39 is 0 Å². The molecule has 23 heavy (non-hydrogen) atoms. The molecule has 0 aliphatic carbocycles. The van der Waals surface area contributed by atoms with Crippen LogP contribution in [-0.4, -0.2) is 49.4 Å². The van der Waals surface area contributed by atoms with Crippen molar-refractivity contribution < 1.29 is 14.0 Å². The van der Waals surface area contributed by atoms with Crippen molar-refractivity contribution in [2.75, 3.05) is 37.6 Å². The minimum absolute atomic E-state index is 0.0378. The predicted octanol–water partition coefficient (Wildman–Crippen LogP) is 2.04. The highest BCUT2D eigenvalue weighted by Crippen LogP contribution is 2.27. The van der Waals surface area contributed by atoms with Crippen LogP contribution < -0.4 is 10.2 Å². The first kappa shape index (κ1) is 17.5. The van der Waals surface area contributed by atoms with E-state index >= 15 is 0 Å². The molecule has 5 nitrogen and oxygen atoms in total. The predicted molar refractivity (Wildman–Crippen MR) is 88.1 cm³/mol. The van der Waals surface area contributed by atoms with Gasteiger partial charge in [-0.2, -0.15) is 0 Å². The van der Waals surface area contributed by atoms with E-state index in [9.17, 15) is 14.0 Å². The van der Waals surface area contributed by atoms with Crippen LogP contribution in [0.4, 0.5) is 10.1 Å². The molecule has 2 amide bonds. The van der Waals surface area contributed by atoms with Gasteiger partial charge in [0.25, 0.3) is 0 Å². The molecule has 0 aromatic heterocycles. The highest BCUT2D eigenvalue weighted by atomic mass is 35.5. The number of hydrogen-bond acceptors (Lipinski definition) is 3. The fourth-order valence-corrected chi connectivity index (χ4v) is 2.82. The summed E-state index contributed by atoms with van der Waals surface area (Å²) < 4.78 is 13.1. The first-order chi connectivity index (χ1) is 11.0. The van der Waals surface area contributed by atoms with Gasteiger partial charge in [-0.1, -0.05) is 18.5 Å². The van der Waals surface area contributed by atoms with Gasteiger partial charge >= 0.3 is 0 Å². The molecule has 1 aromatic carbocycles. The Kier molecular flexibility index (Phi) is 6.21. The Balaban J connectivity index is 1.83. The van der Waals surface area contributed by atoms with E-state index in [0.717, 1.165) is 12.1 Å². The van der Waals surface area contributed by atoms with Gasteiger partial charge in [0, 0.05) is 32.6 Å². The van der Waals surface area contributed by atoms with Gasteiger partial charge in [-0.3, -0.25) is 9.59 Å². The molecule has 1 aliphatic heterocycles. The van der Waals surface area contributed by atoms with Crippen molar-refractivity contribution in [2.24, 2.45) is 0 Å². The second-order valence-corrected chi connectivity index (χ2v) is 5.90. The average Bonchev–Trinajstić information content (AvgIpc) is 2.53. The van der Waals surface area contributed by atoms with E-state index in [0.29, 0.717) is 37.6 Å². The lowest BCUT2D eigenvalue weighted by molar-refractivity contribution is -0.133. The Hall–Kier alpha value is -1.82. The summed E-state index contributed by atoms with van der Waals surface area (Å²) >= 11 is 6.07. The molecule has 7 heteroatoms. The lowest BCUT2D eigenvalue weighted by Gasteiger charge is -2.36. The molecule has 0 saturated carbocycles. The van der Waals surface area contributed by atoms with Gasteiger partial charge in [-0.05, 0) is 24.6 Å². The van der Waals surface area contributed by atoms with Gasteiger partial charge in [-0.25, -0.2) is 4.39 Å². The largest absolute Gasteiger partial charge is 0.367 e. The number of carbonyl (C=O) groups is 2. The SMILES string of the molecule is CCCC(=O)NCC(=O)N1CCN(c2ccc(F)cc2Cl)CC1. The summed E-state index contributed by atoms with van der Waals surface area (Å²) in [5.74, 6) is -0.549. The molecule has 2 rings (SSSR count). The first-order valence-electron chi connectivity index (χ1n) is 7.75. The normalized spacial score (nSPS) is 14.7. The summed E-state index contributed by atoms with van der Waals surface area (Å²) in [6.45, 7) is 4.31. The van der Waals surface area contributed by atoms with Crippen molar-refractivity contribution in [3.63, 3.8) is 0 Å². The number of nitrogens with zero attached hydrogens (tertiary/aromatic N) is 2. The van der Waals surface area contributed by atoms with Crippen molar-refractivity contribution in [3.05, 3.63) is 29.0 Å². The van der Waals surface area contributed by atoms with Crippen LogP contribution in [0.1, 0.15) is 19.8 Å². The van der Waals surface area contributed by atoms with Gasteiger partial charge in [-0.15, -0.1) is 0 Å². The molecule has 1 fully saturated rings. The van der Waals surface area contributed by atoms with Gasteiger partial charge in [0.2, 0.25) is 11.8 Å². The van der Waals surface area contributed by atoms with Crippen molar-refractivity contribution >= 4 is 29.1 Å². The zero-order valence-electron chi connectivity index (χ0n) is 13.1. The van der Waals surface area contributed by atoms with Crippen molar-refractivity contribution in [1.82, 2.24) is 10.2 Å². The molecule has 0 spiro atoms. The van der Waals surface area contributed by atoms with E-state index in [4.69, 9.17) is 11.6 Å². The Bertz CT molecular complexity index is 574. The van der Waals surface area contributed by atoms with Crippen LogP contribution in [-0.2, 0) is 9.59 Å². The number of piperazine rings is 1.